The lowest BCUT2D eigenvalue weighted by molar-refractivity contribution is 0.139. The molecule has 1 aromatic heterocycles. The molecule has 1 saturated carbocycles. The topological polar surface area (TPSA) is 55.3 Å². The van der Waals surface area contributed by atoms with E-state index in [0.717, 1.165) is 49.0 Å². The molecule has 2 heterocycles. The van der Waals surface area contributed by atoms with Gasteiger partial charge in [-0.15, -0.1) is 0 Å². The van der Waals surface area contributed by atoms with E-state index in [1.165, 1.54) is 19.3 Å². The minimum absolute atomic E-state index is 0.389. The van der Waals surface area contributed by atoms with Crippen LogP contribution in [-0.2, 0) is 13.1 Å². The van der Waals surface area contributed by atoms with Crippen molar-refractivity contribution in [1.29, 1.82) is 0 Å². The molecule has 0 amide bonds. The molecule has 25 heavy (non-hydrogen) atoms. The third-order valence-corrected chi connectivity index (χ3v) is 4.67. The first-order valence-corrected chi connectivity index (χ1v) is 8.47. The monoisotopic (exact) mass is 353 g/mol. The van der Waals surface area contributed by atoms with E-state index in [9.17, 15) is 13.2 Å². The summed E-state index contributed by atoms with van der Waals surface area (Å²) in [4.78, 5) is 6.89. The Morgan fingerprint density at radius 2 is 1.96 bits per heavy atom. The van der Waals surface area contributed by atoms with E-state index in [4.69, 9.17) is 10.2 Å². The second-order valence-electron chi connectivity index (χ2n) is 6.65. The number of aromatic nitrogens is 1. The molecule has 1 aliphatic carbocycles. The lowest BCUT2D eigenvalue weighted by Gasteiger charge is -2.33. The molecule has 0 spiro atoms. The quantitative estimate of drug-likeness (QED) is 0.795. The van der Waals surface area contributed by atoms with Gasteiger partial charge in [0.15, 0.2) is 17.5 Å². The number of hydrogen-bond acceptors (Lipinski definition) is 4. The molecule has 0 bridgehead atoms. The molecule has 4 nitrogen and oxygen atoms in total. The summed E-state index contributed by atoms with van der Waals surface area (Å²) >= 11 is 0. The van der Waals surface area contributed by atoms with Gasteiger partial charge in [0.25, 0.3) is 0 Å². The highest BCUT2D eigenvalue weighted by molar-refractivity contribution is 5.15. The van der Waals surface area contributed by atoms with Gasteiger partial charge in [0.2, 0.25) is 0 Å². The molecular weight excluding hydrogens is 331 g/mol. The Bertz CT molecular complexity index is 711. The van der Waals surface area contributed by atoms with Gasteiger partial charge in [-0.05, 0) is 31.4 Å². The Labute approximate surface area is 144 Å². The maximum Gasteiger partial charge on any atom is 0.191 e. The maximum atomic E-state index is 12.0. The Hall–Kier alpha value is -1.86. The minimum Gasteiger partial charge on any atom is -0.444 e. The largest absolute Gasteiger partial charge is 0.444 e. The van der Waals surface area contributed by atoms with Crippen LogP contribution in [0.15, 0.2) is 22.6 Å². The molecule has 1 aromatic carbocycles. The molecule has 2 aliphatic rings. The van der Waals surface area contributed by atoms with Gasteiger partial charge in [-0.1, -0.05) is 6.42 Å². The van der Waals surface area contributed by atoms with Crippen LogP contribution >= 0.6 is 0 Å². The van der Waals surface area contributed by atoms with Crippen molar-refractivity contribution in [2.45, 2.75) is 57.8 Å². The van der Waals surface area contributed by atoms with Crippen molar-refractivity contribution in [2.75, 3.05) is 0 Å². The lowest BCUT2D eigenvalue weighted by atomic mass is 9.91. The zero-order chi connectivity index (χ0) is 18.0. The third kappa shape index (κ3) is 4.41. The van der Waals surface area contributed by atoms with Gasteiger partial charge in [0.05, 0.1) is 12.2 Å². The van der Waals surface area contributed by atoms with E-state index < -0.39 is 17.5 Å². The van der Waals surface area contributed by atoms with Crippen LogP contribution in [0.1, 0.15) is 43.0 Å². The van der Waals surface area contributed by atoms with Gasteiger partial charge in [-0.3, -0.25) is 4.90 Å². The number of rotatable bonds is 1. The zero-order valence-corrected chi connectivity index (χ0v) is 14.1. The van der Waals surface area contributed by atoms with Gasteiger partial charge < -0.3 is 10.2 Å². The second-order valence-corrected chi connectivity index (χ2v) is 6.65. The Morgan fingerprint density at radius 1 is 1.16 bits per heavy atom. The summed E-state index contributed by atoms with van der Waals surface area (Å²) in [5.41, 5.74) is 7.17. The van der Waals surface area contributed by atoms with Crippen LogP contribution in [0.2, 0.25) is 0 Å². The van der Waals surface area contributed by atoms with Crippen LogP contribution in [0.4, 0.5) is 13.2 Å². The summed E-state index contributed by atoms with van der Waals surface area (Å²) in [6.45, 7) is 3.79. The van der Waals surface area contributed by atoms with Gasteiger partial charge in [0, 0.05) is 31.6 Å². The normalized spacial score (nSPS) is 23.1. The smallest absolute Gasteiger partial charge is 0.191 e. The van der Waals surface area contributed by atoms with E-state index in [1.54, 1.807) is 0 Å². The summed E-state index contributed by atoms with van der Waals surface area (Å²) in [5, 5.41) is 0. The van der Waals surface area contributed by atoms with Gasteiger partial charge in [-0.25, -0.2) is 18.2 Å². The highest BCUT2D eigenvalue weighted by Gasteiger charge is 2.32. The SMILES string of the molecule is Cc1nc2c(o1)CN(C1CCC[C@@H](N)C1)C2.Fc1ccc(F)c(F)c1. The first-order valence-electron chi connectivity index (χ1n) is 8.47. The first kappa shape index (κ1) is 17.9. The van der Waals surface area contributed by atoms with Crippen molar-refractivity contribution in [1.82, 2.24) is 9.88 Å². The number of fused-ring (bicyclic) bond motifs is 1. The van der Waals surface area contributed by atoms with Crippen LogP contribution in [0.5, 0.6) is 0 Å². The van der Waals surface area contributed by atoms with Crippen molar-refractivity contribution in [2.24, 2.45) is 5.73 Å². The van der Waals surface area contributed by atoms with Crippen molar-refractivity contribution in [3.8, 4) is 0 Å². The van der Waals surface area contributed by atoms with E-state index >= 15 is 0 Å². The zero-order valence-electron chi connectivity index (χ0n) is 14.1. The number of hydrogen-bond donors (Lipinski definition) is 1. The fraction of sp³-hybridized carbons (Fsp3) is 0.500. The summed E-state index contributed by atoms with van der Waals surface area (Å²) in [6, 6.07) is 3.12. The first-order chi connectivity index (χ1) is 11.9. The van der Waals surface area contributed by atoms with Crippen LogP contribution in [-0.4, -0.2) is 22.0 Å². The number of halogens is 3. The van der Waals surface area contributed by atoms with E-state index in [0.29, 0.717) is 18.2 Å². The summed E-state index contributed by atoms with van der Waals surface area (Å²) < 4.78 is 41.5. The van der Waals surface area contributed by atoms with Crippen molar-refractivity contribution in [3.63, 3.8) is 0 Å². The van der Waals surface area contributed by atoms with Gasteiger partial charge in [-0.2, -0.15) is 0 Å². The molecule has 136 valence electrons. The number of benzene rings is 1. The number of nitrogens with zero attached hydrogens (tertiary/aromatic N) is 2. The van der Waals surface area contributed by atoms with Crippen LogP contribution in [0.25, 0.3) is 0 Å². The molecule has 7 heteroatoms. The number of oxazole rings is 1. The molecule has 2 atom stereocenters. The minimum atomic E-state index is -1.16. The molecule has 2 N–H and O–H groups in total. The summed E-state index contributed by atoms with van der Waals surface area (Å²) in [6.07, 6.45) is 4.85. The number of nitrogens with two attached hydrogens (primary N) is 1. The molecule has 4 rings (SSSR count). The molecule has 1 fully saturated rings. The molecule has 1 unspecified atom stereocenters. The van der Waals surface area contributed by atoms with Crippen LogP contribution in [0, 0.1) is 24.4 Å². The lowest BCUT2D eigenvalue weighted by Crippen LogP contribution is -2.40. The van der Waals surface area contributed by atoms with Crippen molar-refractivity contribution >= 4 is 0 Å². The molecule has 0 radical (unpaired) electrons. The van der Waals surface area contributed by atoms with E-state index in [2.05, 4.69) is 9.88 Å². The average Bonchev–Trinajstić information content (AvgIpc) is 3.09. The van der Waals surface area contributed by atoms with Gasteiger partial charge >= 0.3 is 0 Å². The highest BCUT2D eigenvalue weighted by Crippen LogP contribution is 2.30. The predicted octanol–water partition coefficient (Wildman–Crippen LogP) is 3.67. The standard InChI is InChI=1S/C12H19N3O.C6H3F3/c1-8-14-11-6-15(7-12(11)16-8)10-4-2-3-9(13)5-10;7-4-1-2-5(8)6(9)3-4/h9-10H,2-7,13H2,1H3;1-3H/t9-,10?;/m1./s1. The summed E-state index contributed by atoms with van der Waals surface area (Å²) in [7, 11) is 0. The maximum absolute atomic E-state index is 12.0. The van der Waals surface area contributed by atoms with Gasteiger partial charge in [0.1, 0.15) is 11.6 Å². The third-order valence-electron chi connectivity index (χ3n) is 4.67. The second kappa shape index (κ2) is 7.58. The molecule has 2 aromatic rings. The van der Waals surface area contributed by atoms with Crippen molar-refractivity contribution < 1.29 is 17.6 Å². The molecule has 0 saturated heterocycles. The molecular formula is C18H22F3N3O. The fourth-order valence-electron chi connectivity index (χ4n) is 3.45. The van der Waals surface area contributed by atoms with Crippen LogP contribution < -0.4 is 5.73 Å². The highest BCUT2D eigenvalue weighted by atomic mass is 19.2. The predicted molar refractivity (Wildman–Crippen MR) is 87.0 cm³/mol. The van der Waals surface area contributed by atoms with E-state index in [-0.39, 0.29) is 0 Å². The van der Waals surface area contributed by atoms with Crippen molar-refractivity contribution in [3.05, 3.63) is 53.0 Å². The Balaban J connectivity index is 0.000000173. The average molecular weight is 353 g/mol. The fourth-order valence-corrected chi connectivity index (χ4v) is 3.45. The van der Waals surface area contributed by atoms with E-state index in [1.807, 2.05) is 6.92 Å². The van der Waals surface area contributed by atoms with Crippen LogP contribution in [0.3, 0.4) is 0 Å². The number of aryl methyl sites for hydroxylation is 1. The molecule has 1 aliphatic heterocycles. The Kier molecular flexibility index (Phi) is 5.44. The summed E-state index contributed by atoms with van der Waals surface area (Å²) in [5.74, 6) is -1.10. The Morgan fingerprint density at radius 3 is 2.60 bits per heavy atom.